The maximum Gasteiger partial charge on any atom is 0.569 e. The Bertz CT molecular complexity index is 501. The van der Waals surface area contributed by atoms with E-state index in [0.29, 0.717) is 18.1 Å². The predicted octanol–water partition coefficient (Wildman–Crippen LogP) is 2.10. The van der Waals surface area contributed by atoms with E-state index < -0.39 is 0 Å². The number of benzene rings is 2. The second-order valence-corrected chi connectivity index (χ2v) is 3.38. The molecule has 0 aliphatic heterocycles. The number of phenols is 1. The number of phenolic OH excluding ortho intramolecular Hbond substituents is 1. The maximum absolute atomic E-state index is 9.79. The first-order valence-corrected chi connectivity index (χ1v) is 4.64. The summed E-state index contributed by atoms with van der Waals surface area (Å²) in [6.45, 7) is 0. The molecule has 3 nitrogen and oxygen atoms in total. The molecular formula is C10H7BClO3. The van der Waals surface area contributed by atoms with Gasteiger partial charge < -0.3 is 14.8 Å². The van der Waals surface area contributed by atoms with Crippen LogP contribution < -0.4 is 4.65 Å². The van der Waals surface area contributed by atoms with Crippen LogP contribution in [0.15, 0.2) is 30.3 Å². The highest BCUT2D eigenvalue weighted by molar-refractivity contribution is 6.36. The lowest BCUT2D eigenvalue weighted by atomic mass is 10.1. The van der Waals surface area contributed by atoms with Gasteiger partial charge in [0.1, 0.15) is 5.75 Å². The first-order valence-electron chi connectivity index (χ1n) is 4.27. The van der Waals surface area contributed by atoms with E-state index in [4.69, 9.17) is 21.3 Å². The molecule has 2 rings (SSSR count). The molecule has 0 aromatic heterocycles. The highest BCUT2D eigenvalue weighted by Crippen LogP contribution is 2.38. The topological polar surface area (TPSA) is 49.7 Å². The average molecular weight is 221 g/mol. The van der Waals surface area contributed by atoms with Gasteiger partial charge in [-0.1, -0.05) is 35.9 Å². The minimum atomic E-state index is -0.0414. The SMILES string of the molecule is O[B]Oc1cc(Cl)c2ccccc2c1O. The van der Waals surface area contributed by atoms with Gasteiger partial charge >= 0.3 is 7.69 Å². The third-order valence-electron chi connectivity index (χ3n) is 2.11. The molecule has 75 valence electrons. The molecule has 1 radical (unpaired) electrons. The fraction of sp³-hybridized carbons (Fsp3) is 0. The lowest BCUT2D eigenvalue weighted by Crippen LogP contribution is -2.00. The number of hydrogen-bond donors (Lipinski definition) is 2. The third kappa shape index (κ3) is 1.74. The lowest BCUT2D eigenvalue weighted by Gasteiger charge is -2.09. The summed E-state index contributed by atoms with van der Waals surface area (Å²) in [6.07, 6.45) is 0. The van der Waals surface area contributed by atoms with Crippen LogP contribution >= 0.6 is 11.6 Å². The minimum absolute atomic E-state index is 0.0414. The standard InChI is InChI=1S/C10H7BClO3/c12-8-5-9(15-11-14)10(13)7-4-2-1-3-6(7)8/h1-5,13-14H. The number of halogens is 1. The maximum atomic E-state index is 9.79. The Morgan fingerprint density at radius 2 is 1.87 bits per heavy atom. The van der Waals surface area contributed by atoms with Crippen LogP contribution in [0.25, 0.3) is 10.8 Å². The summed E-state index contributed by atoms with van der Waals surface area (Å²) in [6, 6.07) is 8.58. The first-order chi connectivity index (χ1) is 7.24. The van der Waals surface area contributed by atoms with Crippen molar-refractivity contribution >= 4 is 30.1 Å². The van der Waals surface area contributed by atoms with Crippen LogP contribution in [-0.2, 0) is 0 Å². The predicted molar refractivity (Wildman–Crippen MR) is 59.2 cm³/mol. The van der Waals surface area contributed by atoms with Gasteiger partial charge in [0.05, 0.1) is 5.02 Å². The summed E-state index contributed by atoms with van der Waals surface area (Å²) in [7, 11) is 0.500. The molecule has 0 aliphatic rings. The van der Waals surface area contributed by atoms with Crippen LogP contribution in [0.3, 0.4) is 0 Å². The minimum Gasteiger partial charge on any atom is -0.535 e. The number of hydrogen-bond acceptors (Lipinski definition) is 3. The first kappa shape index (κ1) is 10.1. The largest absolute Gasteiger partial charge is 0.569 e. The van der Waals surface area contributed by atoms with Gasteiger partial charge in [-0.3, -0.25) is 0 Å². The normalized spacial score (nSPS) is 10.3. The molecule has 0 unspecified atom stereocenters. The second-order valence-electron chi connectivity index (χ2n) is 2.97. The zero-order valence-electron chi connectivity index (χ0n) is 7.64. The molecule has 5 heteroatoms. The fourth-order valence-corrected chi connectivity index (χ4v) is 1.70. The molecule has 0 spiro atoms. The highest BCUT2D eigenvalue weighted by atomic mass is 35.5. The van der Waals surface area contributed by atoms with E-state index in [1.54, 1.807) is 18.2 Å². The molecule has 15 heavy (non-hydrogen) atoms. The van der Waals surface area contributed by atoms with E-state index >= 15 is 0 Å². The average Bonchev–Trinajstić information content (AvgIpc) is 2.26. The van der Waals surface area contributed by atoms with E-state index in [9.17, 15) is 5.11 Å². The molecule has 0 heterocycles. The summed E-state index contributed by atoms with van der Waals surface area (Å²) in [5, 5.41) is 20.1. The Labute approximate surface area is 92.2 Å². The molecule has 2 aromatic rings. The zero-order chi connectivity index (χ0) is 10.8. The Hall–Kier alpha value is -1.39. The van der Waals surface area contributed by atoms with Crippen molar-refractivity contribution in [1.29, 1.82) is 0 Å². The molecule has 0 atom stereocenters. The highest BCUT2D eigenvalue weighted by Gasteiger charge is 2.10. The van der Waals surface area contributed by atoms with Crippen molar-refractivity contribution in [2.45, 2.75) is 0 Å². The van der Waals surface area contributed by atoms with Crippen LogP contribution in [0, 0.1) is 0 Å². The Balaban J connectivity index is 2.72. The summed E-state index contributed by atoms with van der Waals surface area (Å²) in [4.78, 5) is 0. The van der Waals surface area contributed by atoms with Gasteiger partial charge in [0.2, 0.25) is 0 Å². The van der Waals surface area contributed by atoms with Crippen LogP contribution in [0.2, 0.25) is 5.02 Å². The van der Waals surface area contributed by atoms with Crippen LogP contribution in [0.5, 0.6) is 11.5 Å². The van der Waals surface area contributed by atoms with Crippen molar-refractivity contribution < 1.29 is 14.8 Å². The molecule has 0 amide bonds. The second kappa shape index (κ2) is 4.00. The van der Waals surface area contributed by atoms with E-state index in [0.717, 1.165) is 5.39 Å². The van der Waals surface area contributed by atoms with Crippen molar-refractivity contribution in [3.8, 4) is 11.5 Å². The van der Waals surface area contributed by atoms with Gasteiger partial charge in [-0.15, -0.1) is 0 Å². The lowest BCUT2D eigenvalue weighted by molar-refractivity contribution is 0.414. The van der Waals surface area contributed by atoms with E-state index in [1.807, 2.05) is 6.07 Å². The molecule has 2 aromatic carbocycles. The number of rotatable bonds is 2. The fourth-order valence-electron chi connectivity index (χ4n) is 1.44. The summed E-state index contributed by atoms with van der Waals surface area (Å²) in [5.41, 5.74) is 0. The molecule has 0 saturated carbocycles. The molecule has 0 bridgehead atoms. The van der Waals surface area contributed by atoms with Gasteiger partial charge in [-0.25, -0.2) is 0 Å². The van der Waals surface area contributed by atoms with Gasteiger partial charge in [0.15, 0.2) is 5.75 Å². The molecule has 2 N–H and O–H groups in total. The van der Waals surface area contributed by atoms with Gasteiger partial charge in [-0.05, 0) is 0 Å². The molecular weight excluding hydrogens is 214 g/mol. The summed E-state index contributed by atoms with van der Waals surface area (Å²) < 4.78 is 4.72. The Morgan fingerprint density at radius 3 is 2.53 bits per heavy atom. The van der Waals surface area contributed by atoms with Crippen molar-refractivity contribution in [2.75, 3.05) is 0 Å². The third-order valence-corrected chi connectivity index (χ3v) is 2.42. The van der Waals surface area contributed by atoms with Gasteiger partial charge in [0.25, 0.3) is 0 Å². The van der Waals surface area contributed by atoms with Crippen molar-refractivity contribution in [2.24, 2.45) is 0 Å². The van der Waals surface area contributed by atoms with Gasteiger partial charge in [-0.2, -0.15) is 0 Å². The Morgan fingerprint density at radius 1 is 1.20 bits per heavy atom. The quantitative estimate of drug-likeness (QED) is 0.764. The molecule has 0 aliphatic carbocycles. The van der Waals surface area contributed by atoms with E-state index in [1.165, 1.54) is 6.07 Å². The summed E-state index contributed by atoms with van der Waals surface area (Å²) >= 11 is 5.98. The molecule has 0 saturated heterocycles. The molecule has 0 fully saturated rings. The van der Waals surface area contributed by atoms with Crippen LogP contribution in [0.4, 0.5) is 0 Å². The van der Waals surface area contributed by atoms with Crippen LogP contribution in [-0.4, -0.2) is 17.8 Å². The van der Waals surface area contributed by atoms with Crippen molar-refractivity contribution in [3.63, 3.8) is 0 Å². The van der Waals surface area contributed by atoms with E-state index in [-0.39, 0.29) is 11.5 Å². The Kier molecular flexibility index (Phi) is 2.71. The van der Waals surface area contributed by atoms with E-state index in [2.05, 4.69) is 0 Å². The number of aromatic hydroxyl groups is 1. The van der Waals surface area contributed by atoms with Crippen molar-refractivity contribution in [1.82, 2.24) is 0 Å². The van der Waals surface area contributed by atoms with Crippen molar-refractivity contribution in [3.05, 3.63) is 35.4 Å². The summed E-state index contributed by atoms with van der Waals surface area (Å²) in [5.74, 6) is 0.0847. The monoisotopic (exact) mass is 221 g/mol. The number of fused-ring (bicyclic) bond motifs is 1. The van der Waals surface area contributed by atoms with Gasteiger partial charge in [0, 0.05) is 16.8 Å². The smallest absolute Gasteiger partial charge is 0.535 e. The van der Waals surface area contributed by atoms with Crippen LogP contribution in [0.1, 0.15) is 0 Å². The zero-order valence-corrected chi connectivity index (χ0v) is 8.40.